The van der Waals surface area contributed by atoms with E-state index >= 15 is 0 Å². The van der Waals surface area contributed by atoms with Crippen LogP contribution in [-0.2, 0) is 9.53 Å². The van der Waals surface area contributed by atoms with Crippen LogP contribution in [0.4, 0.5) is 0 Å². The molecule has 0 aliphatic carbocycles. The summed E-state index contributed by atoms with van der Waals surface area (Å²) in [7, 11) is 1.64. The molecule has 1 aliphatic rings. The lowest BCUT2D eigenvalue weighted by atomic mass is 10.0. The predicted molar refractivity (Wildman–Crippen MR) is 92.5 cm³/mol. The van der Waals surface area contributed by atoms with Crippen molar-refractivity contribution in [2.75, 3.05) is 53.0 Å². The molecule has 5 heteroatoms. The molecule has 0 saturated carbocycles. The Kier molecular flexibility index (Phi) is 7.02. The van der Waals surface area contributed by atoms with E-state index in [1.807, 2.05) is 0 Å². The maximum Gasteiger partial charge on any atom is 0.234 e. The van der Waals surface area contributed by atoms with Gasteiger partial charge in [0.2, 0.25) is 5.91 Å². The van der Waals surface area contributed by atoms with E-state index in [0.29, 0.717) is 25.7 Å². The van der Waals surface area contributed by atoms with Gasteiger partial charge >= 0.3 is 0 Å². The number of nitrogens with zero attached hydrogens (tertiary/aromatic N) is 2. The molecule has 5 nitrogen and oxygen atoms in total. The molecule has 1 saturated heterocycles. The van der Waals surface area contributed by atoms with E-state index in [9.17, 15) is 4.79 Å². The lowest BCUT2D eigenvalue weighted by Gasteiger charge is -2.38. The van der Waals surface area contributed by atoms with Crippen molar-refractivity contribution in [1.29, 1.82) is 0 Å². The molecule has 1 N–H and O–H groups in total. The summed E-state index contributed by atoms with van der Waals surface area (Å²) in [5.41, 5.74) is 2.66. The van der Waals surface area contributed by atoms with Crippen LogP contribution in [0, 0.1) is 6.92 Å². The van der Waals surface area contributed by atoms with Crippen LogP contribution in [0.3, 0.4) is 0 Å². The number of rotatable bonds is 7. The molecule has 1 fully saturated rings. The number of methoxy groups -OCH3 is 1. The molecule has 0 unspecified atom stereocenters. The number of amides is 1. The molecule has 1 amide bonds. The fourth-order valence-corrected chi connectivity index (χ4v) is 2.92. The molecule has 1 aromatic rings. The molecule has 1 aliphatic heterocycles. The average molecular weight is 319 g/mol. The van der Waals surface area contributed by atoms with Gasteiger partial charge in [-0.2, -0.15) is 0 Å². The van der Waals surface area contributed by atoms with Crippen molar-refractivity contribution in [1.82, 2.24) is 15.1 Å². The number of carbonyl (C=O) groups excluding carboxylic acids is 1. The highest BCUT2D eigenvalue weighted by atomic mass is 16.5. The van der Waals surface area contributed by atoms with Crippen LogP contribution in [0.25, 0.3) is 0 Å². The molecule has 128 valence electrons. The SMILES string of the molecule is COCCNC(=O)CN1CCN([C@H](C)c2ccc(C)cc2)CC1. The summed E-state index contributed by atoms with van der Waals surface area (Å²) in [6.45, 7) is 9.88. The van der Waals surface area contributed by atoms with E-state index in [0.717, 1.165) is 26.2 Å². The van der Waals surface area contributed by atoms with Gasteiger partial charge in [0.25, 0.3) is 0 Å². The molecule has 0 radical (unpaired) electrons. The second-order valence-electron chi connectivity index (χ2n) is 6.24. The van der Waals surface area contributed by atoms with Gasteiger partial charge in [0, 0.05) is 45.9 Å². The molecule has 0 bridgehead atoms. The fourth-order valence-electron chi connectivity index (χ4n) is 2.92. The van der Waals surface area contributed by atoms with Crippen LogP contribution < -0.4 is 5.32 Å². The third-order valence-electron chi connectivity index (χ3n) is 4.51. The minimum absolute atomic E-state index is 0.0853. The summed E-state index contributed by atoms with van der Waals surface area (Å²) in [4.78, 5) is 16.5. The third-order valence-corrected chi connectivity index (χ3v) is 4.51. The first-order valence-electron chi connectivity index (χ1n) is 8.38. The minimum atomic E-state index is 0.0853. The lowest BCUT2D eigenvalue weighted by Crippen LogP contribution is -2.50. The Labute approximate surface area is 139 Å². The summed E-state index contributed by atoms with van der Waals surface area (Å²) in [6, 6.07) is 9.21. The molecular weight excluding hydrogens is 290 g/mol. The summed E-state index contributed by atoms with van der Waals surface area (Å²) in [5, 5.41) is 2.88. The number of benzene rings is 1. The highest BCUT2D eigenvalue weighted by molar-refractivity contribution is 5.78. The van der Waals surface area contributed by atoms with E-state index in [2.05, 4.69) is 53.2 Å². The van der Waals surface area contributed by atoms with Gasteiger partial charge in [0.05, 0.1) is 13.2 Å². The van der Waals surface area contributed by atoms with Crippen LogP contribution in [0.1, 0.15) is 24.1 Å². The van der Waals surface area contributed by atoms with Crippen LogP contribution in [0.5, 0.6) is 0 Å². The van der Waals surface area contributed by atoms with Gasteiger partial charge in [-0.15, -0.1) is 0 Å². The Balaban J connectivity index is 1.75. The smallest absolute Gasteiger partial charge is 0.234 e. The zero-order valence-electron chi connectivity index (χ0n) is 14.5. The summed E-state index contributed by atoms with van der Waals surface area (Å²) in [5.74, 6) is 0.0853. The molecule has 1 aromatic carbocycles. The molecule has 1 heterocycles. The first-order chi connectivity index (χ1) is 11.1. The van der Waals surface area contributed by atoms with Gasteiger partial charge in [-0.25, -0.2) is 0 Å². The highest BCUT2D eigenvalue weighted by Gasteiger charge is 2.23. The van der Waals surface area contributed by atoms with Crippen LogP contribution in [-0.4, -0.2) is 68.7 Å². The number of piperazine rings is 1. The number of nitrogens with one attached hydrogen (secondary N) is 1. The average Bonchev–Trinajstić information content (AvgIpc) is 2.56. The van der Waals surface area contributed by atoms with E-state index in [1.165, 1.54) is 11.1 Å². The van der Waals surface area contributed by atoms with Crippen molar-refractivity contribution in [2.24, 2.45) is 0 Å². The normalized spacial score (nSPS) is 17.9. The Morgan fingerprint density at radius 3 is 2.48 bits per heavy atom. The molecule has 0 spiro atoms. The van der Waals surface area contributed by atoms with Gasteiger partial charge in [0.1, 0.15) is 0 Å². The molecular formula is C18H29N3O2. The van der Waals surface area contributed by atoms with E-state index in [-0.39, 0.29) is 5.91 Å². The number of carbonyl (C=O) groups is 1. The Morgan fingerprint density at radius 1 is 1.22 bits per heavy atom. The summed E-state index contributed by atoms with van der Waals surface area (Å²) < 4.78 is 4.94. The molecule has 0 aromatic heterocycles. The largest absolute Gasteiger partial charge is 0.383 e. The van der Waals surface area contributed by atoms with Gasteiger partial charge in [-0.1, -0.05) is 29.8 Å². The minimum Gasteiger partial charge on any atom is -0.383 e. The number of ether oxygens (including phenoxy) is 1. The van der Waals surface area contributed by atoms with E-state index in [1.54, 1.807) is 7.11 Å². The van der Waals surface area contributed by atoms with Crippen molar-refractivity contribution in [2.45, 2.75) is 19.9 Å². The standard InChI is InChI=1S/C18H29N3O2/c1-15-4-6-17(7-5-15)16(2)21-11-9-20(10-12-21)14-18(22)19-8-13-23-3/h4-7,16H,8-14H2,1-3H3,(H,19,22)/t16-/m1/s1. The number of aryl methyl sites for hydroxylation is 1. The molecule has 1 atom stereocenters. The number of hydrogen-bond acceptors (Lipinski definition) is 4. The fraction of sp³-hybridized carbons (Fsp3) is 0.611. The Hall–Kier alpha value is -1.43. The van der Waals surface area contributed by atoms with Gasteiger partial charge in [-0.3, -0.25) is 14.6 Å². The van der Waals surface area contributed by atoms with Gasteiger partial charge in [0.15, 0.2) is 0 Å². The summed E-state index contributed by atoms with van der Waals surface area (Å²) >= 11 is 0. The van der Waals surface area contributed by atoms with E-state index < -0.39 is 0 Å². The predicted octanol–water partition coefficient (Wildman–Crippen LogP) is 1.44. The highest BCUT2D eigenvalue weighted by Crippen LogP contribution is 2.21. The van der Waals surface area contributed by atoms with Crippen molar-refractivity contribution >= 4 is 5.91 Å². The van der Waals surface area contributed by atoms with Crippen LogP contribution >= 0.6 is 0 Å². The molecule has 2 rings (SSSR count). The maximum absolute atomic E-state index is 11.8. The van der Waals surface area contributed by atoms with Gasteiger partial charge < -0.3 is 10.1 Å². The lowest BCUT2D eigenvalue weighted by molar-refractivity contribution is -0.122. The summed E-state index contributed by atoms with van der Waals surface area (Å²) in [6.07, 6.45) is 0. The maximum atomic E-state index is 11.8. The van der Waals surface area contributed by atoms with Crippen molar-refractivity contribution in [3.8, 4) is 0 Å². The number of hydrogen-bond donors (Lipinski definition) is 1. The Morgan fingerprint density at radius 2 is 1.87 bits per heavy atom. The van der Waals surface area contributed by atoms with Crippen LogP contribution in [0.2, 0.25) is 0 Å². The zero-order chi connectivity index (χ0) is 16.7. The van der Waals surface area contributed by atoms with Crippen molar-refractivity contribution in [3.05, 3.63) is 35.4 Å². The first-order valence-corrected chi connectivity index (χ1v) is 8.38. The second-order valence-corrected chi connectivity index (χ2v) is 6.24. The van der Waals surface area contributed by atoms with Gasteiger partial charge in [-0.05, 0) is 19.4 Å². The van der Waals surface area contributed by atoms with Crippen molar-refractivity contribution in [3.63, 3.8) is 0 Å². The quantitative estimate of drug-likeness (QED) is 0.773. The molecule has 23 heavy (non-hydrogen) atoms. The topological polar surface area (TPSA) is 44.8 Å². The second kappa shape index (κ2) is 9.01. The van der Waals surface area contributed by atoms with E-state index in [4.69, 9.17) is 4.74 Å². The van der Waals surface area contributed by atoms with Crippen LogP contribution in [0.15, 0.2) is 24.3 Å². The monoisotopic (exact) mass is 319 g/mol. The Bertz CT molecular complexity index is 482. The zero-order valence-corrected chi connectivity index (χ0v) is 14.5. The van der Waals surface area contributed by atoms with Crippen molar-refractivity contribution < 1.29 is 9.53 Å². The first kappa shape index (κ1) is 17.9. The third kappa shape index (κ3) is 5.61.